The van der Waals surface area contributed by atoms with Crippen LogP contribution in [0.5, 0.6) is 0 Å². The molecule has 0 aliphatic heterocycles. The third-order valence-corrected chi connectivity index (χ3v) is 6.52. The van der Waals surface area contributed by atoms with Gasteiger partial charge in [0.2, 0.25) is 5.91 Å². The summed E-state index contributed by atoms with van der Waals surface area (Å²) in [6, 6.07) is 20.3. The fourth-order valence-corrected chi connectivity index (χ4v) is 4.55. The van der Waals surface area contributed by atoms with Gasteiger partial charge in [0.25, 0.3) is 5.91 Å². The first-order valence-electron chi connectivity index (χ1n) is 12.7. The molecule has 3 aromatic carbocycles. The molecule has 37 heavy (non-hydrogen) atoms. The molecule has 0 saturated heterocycles. The van der Waals surface area contributed by atoms with Gasteiger partial charge in [-0.2, -0.15) is 0 Å². The lowest BCUT2D eigenvalue weighted by molar-refractivity contribution is -0.139. The summed E-state index contributed by atoms with van der Waals surface area (Å²) in [6.45, 7) is 9.02. The number of alkyl carbamates (subject to hydrolysis) is 1. The minimum absolute atomic E-state index is 0.0973. The van der Waals surface area contributed by atoms with Crippen LogP contribution in [0.2, 0.25) is 0 Å². The van der Waals surface area contributed by atoms with Crippen molar-refractivity contribution >= 4 is 34.4 Å². The summed E-state index contributed by atoms with van der Waals surface area (Å²) < 4.78 is 5.29. The summed E-state index contributed by atoms with van der Waals surface area (Å²) in [5.74, 6) is -0.373. The fourth-order valence-electron chi connectivity index (χ4n) is 4.55. The number of aryl methyl sites for hydroxylation is 1. The molecule has 0 radical (unpaired) electrons. The number of nitrogens with zero attached hydrogens (tertiary/aromatic N) is 1. The number of fused-ring (bicyclic) bond motifs is 1. The van der Waals surface area contributed by atoms with Gasteiger partial charge in [-0.05, 0) is 74.1 Å². The Labute approximate surface area is 218 Å². The Kier molecular flexibility index (Phi) is 7.52. The van der Waals surface area contributed by atoms with Gasteiger partial charge in [-0.3, -0.25) is 9.59 Å². The van der Waals surface area contributed by atoms with Crippen LogP contribution in [0.1, 0.15) is 51.3 Å². The van der Waals surface area contributed by atoms with Crippen LogP contribution in [-0.4, -0.2) is 41.0 Å². The van der Waals surface area contributed by atoms with Gasteiger partial charge in [0.15, 0.2) is 0 Å². The Morgan fingerprint density at radius 1 is 1.00 bits per heavy atom. The van der Waals surface area contributed by atoms with Crippen molar-refractivity contribution in [3.63, 3.8) is 0 Å². The van der Waals surface area contributed by atoms with Gasteiger partial charge < -0.3 is 20.3 Å². The van der Waals surface area contributed by atoms with Crippen LogP contribution in [0.3, 0.4) is 0 Å². The second kappa shape index (κ2) is 10.6. The van der Waals surface area contributed by atoms with E-state index >= 15 is 0 Å². The van der Waals surface area contributed by atoms with Crippen LogP contribution in [-0.2, 0) is 14.3 Å². The molecule has 1 aliphatic rings. The number of carbonyl (C=O) groups is 3. The average molecular weight is 502 g/mol. The zero-order valence-corrected chi connectivity index (χ0v) is 22.1. The predicted molar refractivity (Wildman–Crippen MR) is 145 cm³/mol. The van der Waals surface area contributed by atoms with Crippen molar-refractivity contribution in [1.29, 1.82) is 0 Å². The quantitative estimate of drug-likeness (QED) is 0.442. The fraction of sp³-hybridized carbons (Fsp3) is 0.367. The number of amides is 3. The Bertz CT molecular complexity index is 1310. The van der Waals surface area contributed by atoms with Crippen molar-refractivity contribution < 1.29 is 19.1 Å². The van der Waals surface area contributed by atoms with Gasteiger partial charge in [0.1, 0.15) is 18.2 Å². The average Bonchev–Trinajstić information content (AvgIpc) is 3.56. The number of nitrogens with one attached hydrogen (secondary N) is 2. The summed E-state index contributed by atoms with van der Waals surface area (Å²) in [6.07, 6.45) is 0.127. The van der Waals surface area contributed by atoms with Crippen LogP contribution in [0, 0.1) is 12.8 Å². The predicted octanol–water partition coefficient (Wildman–Crippen LogP) is 5.59. The Hall–Kier alpha value is -3.87. The van der Waals surface area contributed by atoms with Gasteiger partial charge in [-0.1, -0.05) is 61.5 Å². The molecule has 3 aromatic rings. The smallest absolute Gasteiger partial charge is 0.408 e. The highest BCUT2D eigenvalue weighted by molar-refractivity contribution is 6.00. The van der Waals surface area contributed by atoms with Crippen molar-refractivity contribution in [3.8, 4) is 0 Å². The number of carbonyl (C=O) groups excluding carboxylic acids is 3. The zero-order valence-electron chi connectivity index (χ0n) is 22.1. The molecule has 3 atom stereocenters. The second-order valence-electron chi connectivity index (χ2n) is 10.7. The maximum atomic E-state index is 13.9. The van der Waals surface area contributed by atoms with Crippen molar-refractivity contribution in [2.45, 2.75) is 58.7 Å². The molecule has 0 aromatic heterocycles. The van der Waals surface area contributed by atoms with E-state index in [0.717, 1.165) is 28.3 Å². The standard InChI is InChI=1S/C30H35N3O4/c1-19-10-6-9-13-24(19)27(28(35)32-23-15-14-21-11-7-8-12-22(21)17-23)33(25-16-20(25)2)26(34)18-31-29(36)37-30(3,4)5/h6-15,17,20,25,27H,16,18H2,1-5H3,(H,31,36)(H,32,35). The first-order valence-corrected chi connectivity index (χ1v) is 12.7. The van der Waals surface area contributed by atoms with E-state index in [0.29, 0.717) is 5.69 Å². The van der Waals surface area contributed by atoms with Gasteiger partial charge in [-0.15, -0.1) is 0 Å². The lowest BCUT2D eigenvalue weighted by atomic mass is 9.98. The molecule has 4 rings (SSSR count). The topological polar surface area (TPSA) is 87.7 Å². The number of anilines is 1. The number of ether oxygens (including phenoxy) is 1. The van der Waals surface area contributed by atoms with E-state index in [-0.39, 0.29) is 30.3 Å². The van der Waals surface area contributed by atoms with Crippen LogP contribution in [0.15, 0.2) is 66.7 Å². The normalized spacial score (nSPS) is 17.5. The molecule has 194 valence electrons. The van der Waals surface area contributed by atoms with E-state index in [1.54, 1.807) is 25.7 Å². The number of hydrogen-bond donors (Lipinski definition) is 2. The summed E-state index contributed by atoms with van der Waals surface area (Å²) >= 11 is 0. The molecule has 2 N–H and O–H groups in total. The summed E-state index contributed by atoms with van der Waals surface area (Å²) in [7, 11) is 0. The first kappa shape index (κ1) is 26.2. The Morgan fingerprint density at radius 3 is 2.30 bits per heavy atom. The molecule has 7 nitrogen and oxygen atoms in total. The maximum Gasteiger partial charge on any atom is 0.408 e. The van der Waals surface area contributed by atoms with Crippen molar-refractivity contribution in [2.75, 3.05) is 11.9 Å². The largest absolute Gasteiger partial charge is 0.444 e. The third-order valence-electron chi connectivity index (χ3n) is 6.52. The monoisotopic (exact) mass is 501 g/mol. The summed E-state index contributed by atoms with van der Waals surface area (Å²) in [4.78, 5) is 41.3. The highest BCUT2D eigenvalue weighted by Gasteiger charge is 2.46. The van der Waals surface area contributed by atoms with Crippen molar-refractivity contribution in [2.24, 2.45) is 5.92 Å². The van der Waals surface area contributed by atoms with Crippen LogP contribution in [0.4, 0.5) is 10.5 Å². The van der Waals surface area contributed by atoms with E-state index in [1.807, 2.05) is 73.7 Å². The highest BCUT2D eigenvalue weighted by Crippen LogP contribution is 2.41. The highest BCUT2D eigenvalue weighted by atomic mass is 16.6. The molecule has 3 unspecified atom stereocenters. The zero-order chi connectivity index (χ0) is 26.7. The van der Waals surface area contributed by atoms with E-state index in [9.17, 15) is 14.4 Å². The Morgan fingerprint density at radius 2 is 1.65 bits per heavy atom. The maximum absolute atomic E-state index is 13.9. The minimum atomic E-state index is -0.851. The van der Waals surface area contributed by atoms with Crippen LogP contribution >= 0.6 is 0 Å². The minimum Gasteiger partial charge on any atom is -0.444 e. The van der Waals surface area contributed by atoms with Gasteiger partial charge >= 0.3 is 6.09 Å². The number of hydrogen-bond acceptors (Lipinski definition) is 4. The van der Waals surface area contributed by atoms with Crippen LogP contribution < -0.4 is 10.6 Å². The van der Waals surface area contributed by atoms with Crippen molar-refractivity contribution in [1.82, 2.24) is 10.2 Å². The van der Waals surface area contributed by atoms with Crippen molar-refractivity contribution in [3.05, 3.63) is 77.9 Å². The molecule has 7 heteroatoms. The molecule has 0 bridgehead atoms. The first-order chi connectivity index (χ1) is 17.5. The molecule has 0 spiro atoms. The van der Waals surface area contributed by atoms with E-state index in [4.69, 9.17) is 4.74 Å². The third kappa shape index (κ3) is 6.47. The van der Waals surface area contributed by atoms with Crippen LogP contribution in [0.25, 0.3) is 10.8 Å². The summed E-state index contributed by atoms with van der Waals surface area (Å²) in [5.41, 5.74) is 1.64. The number of rotatable bonds is 7. The van der Waals surface area contributed by atoms with Gasteiger partial charge in [0.05, 0.1) is 0 Å². The summed E-state index contributed by atoms with van der Waals surface area (Å²) in [5, 5.41) is 7.70. The molecule has 1 fully saturated rings. The van der Waals surface area contributed by atoms with E-state index in [1.165, 1.54) is 0 Å². The second-order valence-corrected chi connectivity index (χ2v) is 10.7. The molecule has 3 amide bonds. The molecular weight excluding hydrogens is 466 g/mol. The SMILES string of the molecule is Cc1ccccc1C(C(=O)Nc1ccc2ccccc2c1)N(C(=O)CNC(=O)OC(C)(C)C)C1CC1C. The Balaban J connectivity index is 1.63. The molecular formula is C30H35N3O4. The van der Waals surface area contributed by atoms with Gasteiger partial charge in [0, 0.05) is 11.7 Å². The lowest BCUT2D eigenvalue weighted by Gasteiger charge is -2.33. The molecule has 1 saturated carbocycles. The number of benzene rings is 3. The van der Waals surface area contributed by atoms with E-state index in [2.05, 4.69) is 17.6 Å². The van der Waals surface area contributed by atoms with Gasteiger partial charge in [-0.25, -0.2) is 4.79 Å². The van der Waals surface area contributed by atoms with E-state index < -0.39 is 17.7 Å². The molecule has 0 heterocycles. The molecule has 1 aliphatic carbocycles. The lowest BCUT2D eigenvalue weighted by Crippen LogP contribution is -2.48.